The van der Waals surface area contributed by atoms with Crippen molar-refractivity contribution < 1.29 is 4.79 Å². The number of benzene rings is 1. The summed E-state index contributed by atoms with van der Waals surface area (Å²) in [6.07, 6.45) is 3.76. The predicted octanol–water partition coefficient (Wildman–Crippen LogP) is 3.19. The van der Waals surface area contributed by atoms with Crippen LogP contribution >= 0.6 is 36.4 Å². The van der Waals surface area contributed by atoms with Crippen LogP contribution in [-0.2, 0) is 11.3 Å². The molecule has 1 aromatic carbocycles. The zero-order valence-corrected chi connectivity index (χ0v) is 14.9. The maximum Gasteiger partial charge on any atom is 0.223 e. The molecular weight excluding hydrogens is 359 g/mol. The Balaban J connectivity index is 0.00000132. The van der Waals surface area contributed by atoms with Crippen molar-refractivity contribution >= 4 is 53.4 Å². The zero-order chi connectivity index (χ0) is 14.8. The lowest BCUT2D eigenvalue weighted by Gasteiger charge is -2.25. The first-order valence-electron chi connectivity index (χ1n) is 7.29. The molecule has 23 heavy (non-hydrogen) atoms. The van der Waals surface area contributed by atoms with Crippen molar-refractivity contribution in [3.8, 4) is 0 Å². The van der Waals surface area contributed by atoms with Crippen LogP contribution in [0.5, 0.6) is 0 Å². The van der Waals surface area contributed by atoms with Gasteiger partial charge in [-0.2, -0.15) is 0 Å². The number of nitrogens with one attached hydrogen (secondary N) is 2. The topological polar surface area (TPSA) is 83.8 Å². The highest BCUT2D eigenvalue weighted by molar-refractivity contribution is 6.31. The quantitative estimate of drug-likeness (QED) is 0.765. The molecule has 0 aliphatic heterocycles. The summed E-state index contributed by atoms with van der Waals surface area (Å²) in [5, 5.41) is 3.61. The molecule has 4 N–H and O–H groups in total. The summed E-state index contributed by atoms with van der Waals surface area (Å²) < 4.78 is 0. The van der Waals surface area contributed by atoms with Gasteiger partial charge in [0.05, 0.1) is 17.6 Å². The smallest absolute Gasteiger partial charge is 0.223 e. The number of carbonyl (C=O) groups excluding carboxylic acids is 1. The first kappa shape index (κ1) is 20.0. The second-order valence-electron chi connectivity index (χ2n) is 5.69. The van der Waals surface area contributed by atoms with Crippen molar-refractivity contribution in [2.45, 2.75) is 38.3 Å². The van der Waals surface area contributed by atoms with Crippen LogP contribution in [-0.4, -0.2) is 21.9 Å². The number of nitrogens with zero attached hydrogens (tertiary/aromatic N) is 1. The molecule has 1 heterocycles. The summed E-state index contributed by atoms with van der Waals surface area (Å²) in [4.78, 5) is 19.8. The van der Waals surface area contributed by atoms with Gasteiger partial charge in [-0.15, -0.1) is 24.8 Å². The molecule has 0 saturated heterocycles. The van der Waals surface area contributed by atoms with Gasteiger partial charge in [0.2, 0.25) is 5.91 Å². The van der Waals surface area contributed by atoms with E-state index in [9.17, 15) is 4.79 Å². The molecule has 2 atom stereocenters. The van der Waals surface area contributed by atoms with Gasteiger partial charge in [0.1, 0.15) is 5.82 Å². The number of carbonyl (C=O) groups is 1. The van der Waals surface area contributed by atoms with E-state index in [2.05, 4.69) is 15.3 Å². The molecule has 1 amide bonds. The molecule has 1 fully saturated rings. The largest absolute Gasteiger partial charge is 0.349 e. The fourth-order valence-corrected chi connectivity index (χ4v) is 3.07. The van der Waals surface area contributed by atoms with Gasteiger partial charge in [0, 0.05) is 17.0 Å². The Morgan fingerprint density at radius 3 is 2.91 bits per heavy atom. The Morgan fingerprint density at radius 1 is 1.39 bits per heavy atom. The van der Waals surface area contributed by atoms with Crippen molar-refractivity contribution in [1.82, 2.24) is 15.3 Å². The molecule has 3 rings (SSSR count). The van der Waals surface area contributed by atoms with E-state index in [1.807, 2.05) is 12.1 Å². The van der Waals surface area contributed by atoms with E-state index in [1.54, 1.807) is 6.07 Å². The van der Waals surface area contributed by atoms with Gasteiger partial charge in [-0.1, -0.05) is 18.0 Å². The number of aromatic amines is 1. The van der Waals surface area contributed by atoms with Crippen LogP contribution < -0.4 is 11.1 Å². The number of hydrogen-bond donors (Lipinski definition) is 3. The SMILES string of the molecule is Cl.Cl.N[C@H]1CCC[C@@H](C(=O)NCc2nc3ccc(Cl)cc3[nH]2)C1. The van der Waals surface area contributed by atoms with Crippen molar-refractivity contribution in [2.75, 3.05) is 0 Å². The minimum absolute atomic E-state index is 0. The lowest BCUT2D eigenvalue weighted by Crippen LogP contribution is -2.37. The molecule has 1 saturated carbocycles. The van der Waals surface area contributed by atoms with Crippen molar-refractivity contribution in [2.24, 2.45) is 11.7 Å². The lowest BCUT2D eigenvalue weighted by atomic mass is 9.85. The van der Waals surface area contributed by atoms with E-state index in [4.69, 9.17) is 17.3 Å². The third-order valence-corrected chi connectivity index (χ3v) is 4.24. The molecule has 0 unspecified atom stereocenters. The van der Waals surface area contributed by atoms with E-state index in [1.165, 1.54) is 0 Å². The van der Waals surface area contributed by atoms with Crippen molar-refractivity contribution in [3.63, 3.8) is 0 Å². The second-order valence-corrected chi connectivity index (χ2v) is 6.12. The number of nitrogens with two attached hydrogens (primary N) is 1. The third-order valence-electron chi connectivity index (χ3n) is 4.01. The summed E-state index contributed by atoms with van der Waals surface area (Å²) in [6, 6.07) is 5.65. The molecule has 0 bridgehead atoms. The van der Waals surface area contributed by atoms with Gasteiger partial charge in [-0.25, -0.2) is 4.98 Å². The normalized spacial score (nSPS) is 20.4. The summed E-state index contributed by atoms with van der Waals surface area (Å²) in [6.45, 7) is 0.400. The summed E-state index contributed by atoms with van der Waals surface area (Å²) in [7, 11) is 0. The molecule has 0 radical (unpaired) electrons. The van der Waals surface area contributed by atoms with Gasteiger partial charge in [0.15, 0.2) is 0 Å². The number of halogens is 3. The number of hydrogen-bond acceptors (Lipinski definition) is 3. The number of H-pyrrole nitrogens is 1. The lowest BCUT2D eigenvalue weighted by molar-refractivity contribution is -0.126. The maximum absolute atomic E-state index is 12.2. The molecule has 1 aliphatic carbocycles. The highest BCUT2D eigenvalue weighted by Crippen LogP contribution is 2.23. The first-order chi connectivity index (χ1) is 10.1. The van der Waals surface area contributed by atoms with Crippen LogP contribution in [0.2, 0.25) is 5.02 Å². The van der Waals surface area contributed by atoms with E-state index < -0.39 is 0 Å². The standard InChI is InChI=1S/C15H19ClN4O.2ClH/c16-10-4-5-12-13(7-10)20-14(19-12)8-18-15(21)9-2-1-3-11(17)6-9;;/h4-5,7,9,11H,1-3,6,8,17H2,(H,18,21)(H,19,20);2*1H/t9-,11+;;/m1../s1. The summed E-state index contributed by atoms with van der Waals surface area (Å²) in [5.41, 5.74) is 7.66. The Morgan fingerprint density at radius 2 is 2.17 bits per heavy atom. The second kappa shape index (κ2) is 8.73. The molecular formula is C15H21Cl3N4O. The van der Waals surface area contributed by atoms with Gasteiger partial charge in [-0.3, -0.25) is 4.79 Å². The van der Waals surface area contributed by atoms with E-state index >= 15 is 0 Å². The molecule has 0 spiro atoms. The highest BCUT2D eigenvalue weighted by Gasteiger charge is 2.25. The molecule has 8 heteroatoms. The zero-order valence-electron chi connectivity index (χ0n) is 12.5. The highest BCUT2D eigenvalue weighted by atomic mass is 35.5. The van der Waals surface area contributed by atoms with E-state index in [-0.39, 0.29) is 42.7 Å². The third kappa shape index (κ3) is 4.98. The number of imidazole rings is 1. The van der Waals surface area contributed by atoms with Crippen LogP contribution in [0.15, 0.2) is 18.2 Å². The van der Waals surface area contributed by atoms with E-state index in [0.29, 0.717) is 11.6 Å². The monoisotopic (exact) mass is 378 g/mol. The van der Waals surface area contributed by atoms with E-state index in [0.717, 1.165) is 42.5 Å². The summed E-state index contributed by atoms with van der Waals surface area (Å²) >= 11 is 5.94. The predicted molar refractivity (Wildman–Crippen MR) is 97.4 cm³/mol. The van der Waals surface area contributed by atoms with Gasteiger partial charge >= 0.3 is 0 Å². The maximum atomic E-state index is 12.2. The molecule has 128 valence electrons. The average molecular weight is 380 g/mol. The average Bonchev–Trinajstić information content (AvgIpc) is 2.86. The number of fused-ring (bicyclic) bond motifs is 1. The fraction of sp³-hybridized carbons (Fsp3) is 0.467. The van der Waals surface area contributed by atoms with Crippen molar-refractivity contribution in [3.05, 3.63) is 29.0 Å². The van der Waals surface area contributed by atoms with Gasteiger partial charge < -0.3 is 16.0 Å². The Bertz CT molecular complexity index is 661. The molecule has 1 aliphatic rings. The Hall–Kier alpha value is -1.01. The first-order valence-corrected chi connectivity index (χ1v) is 7.67. The van der Waals surface area contributed by atoms with Gasteiger partial charge in [-0.05, 0) is 37.5 Å². The molecule has 5 nitrogen and oxygen atoms in total. The minimum Gasteiger partial charge on any atom is -0.349 e. The van der Waals surface area contributed by atoms with Crippen molar-refractivity contribution in [1.29, 1.82) is 0 Å². The van der Waals surface area contributed by atoms with Crippen LogP contribution in [0.3, 0.4) is 0 Å². The Labute approximate surface area is 152 Å². The van der Waals surface area contributed by atoms with Crippen LogP contribution in [0.4, 0.5) is 0 Å². The van der Waals surface area contributed by atoms with Crippen LogP contribution in [0.25, 0.3) is 11.0 Å². The minimum atomic E-state index is 0. The fourth-order valence-electron chi connectivity index (χ4n) is 2.90. The number of rotatable bonds is 3. The molecule has 2 aromatic rings. The van der Waals surface area contributed by atoms with Crippen LogP contribution in [0, 0.1) is 5.92 Å². The molecule has 1 aromatic heterocycles. The Kier molecular flexibility index (Phi) is 7.61. The number of amides is 1. The van der Waals surface area contributed by atoms with Gasteiger partial charge in [0.25, 0.3) is 0 Å². The van der Waals surface area contributed by atoms with Crippen LogP contribution in [0.1, 0.15) is 31.5 Å². The summed E-state index contributed by atoms with van der Waals surface area (Å²) in [5.74, 6) is 0.844. The number of aromatic nitrogens is 2.